The van der Waals surface area contributed by atoms with Crippen molar-refractivity contribution in [3.05, 3.63) is 62.9 Å². The van der Waals surface area contributed by atoms with Gasteiger partial charge in [-0.3, -0.25) is 14.5 Å². The average molecular weight is 563 g/mol. The second kappa shape index (κ2) is 10.8. The van der Waals surface area contributed by atoms with Crippen LogP contribution in [-0.2, 0) is 16.1 Å². The van der Waals surface area contributed by atoms with Crippen molar-refractivity contribution in [1.29, 1.82) is 0 Å². The van der Waals surface area contributed by atoms with Gasteiger partial charge in [0.15, 0.2) is 5.78 Å². The van der Waals surface area contributed by atoms with Crippen LogP contribution in [-0.4, -0.2) is 41.4 Å². The average Bonchev–Trinajstić information content (AvgIpc) is 3.50. The normalized spacial score (nSPS) is 22.3. The van der Waals surface area contributed by atoms with Crippen LogP contribution in [0.1, 0.15) is 80.3 Å². The van der Waals surface area contributed by atoms with Crippen molar-refractivity contribution in [3.8, 4) is 5.75 Å². The third-order valence-corrected chi connectivity index (χ3v) is 7.97. The van der Waals surface area contributed by atoms with Crippen LogP contribution in [0.2, 0.25) is 10.0 Å². The Morgan fingerprint density at radius 3 is 2.26 bits per heavy atom. The molecule has 2 atom stereocenters. The fraction of sp³-hybridized carbons (Fsp3) is 0.533. The molecule has 1 aliphatic heterocycles. The summed E-state index contributed by atoms with van der Waals surface area (Å²) in [6.07, 6.45) is 4.02. The number of ketones is 1. The van der Waals surface area contributed by atoms with Gasteiger partial charge in [-0.2, -0.15) is 0 Å². The number of likely N-dealkylation sites (tertiary alicyclic amines) is 1. The third-order valence-electron chi connectivity index (χ3n) is 7.53. The molecule has 0 aromatic heterocycles. The molecule has 0 N–H and O–H groups in total. The van der Waals surface area contributed by atoms with E-state index in [9.17, 15) is 9.59 Å². The Morgan fingerprint density at radius 2 is 1.63 bits per heavy atom. The van der Waals surface area contributed by atoms with E-state index in [0.717, 1.165) is 30.4 Å². The van der Waals surface area contributed by atoms with E-state index in [4.69, 9.17) is 32.7 Å². The summed E-state index contributed by atoms with van der Waals surface area (Å²) < 4.78 is 27.0. The summed E-state index contributed by atoms with van der Waals surface area (Å²) in [5.74, 6) is -1.21. The Kier molecular flexibility index (Phi) is 7.78. The van der Waals surface area contributed by atoms with Crippen molar-refractivity contribution in [2.75, 3.05) is 13.1 Å². The molecular formula is C30H34Cl2FNO4. The first-order valence-corrected chi connectivity index (χ1v) is 14.2. The number of rotatable bonds is 8. The van der Waals surface area contributed by atoms with Gasteiger partial charge in [-0.05, 0) is 93.8 Å². The summed E-state index contributed by atoms with van der Waals surface area (Å²) in [5, 5.41) is 1.05. The zero-order chi connectivity index (χ0) is 27.2. The molecule has 2 saturated carbocycles. The van der Waals surface area contributed by atoms with Crippen LogP contribution in [0.15, 0.2) is 30.3 Å². The van der Waals surface area contributed by atoms with Crippen LogP contribution in [0.5, 0.6) is 5.75 Å². The molecule has 8 heteroatoms. The Morgan fingerprint density at radius 1 is 0.974 bits per heavy atom. The highest BCUT2D eigenvalue weighted by molar-refractivity contribution is 6.34. The Labute approximate surface area is 233 Å². The lowest BCUT2D eigenvalue weighted by Crippen LogP contribution is -2.53. The molecule has 38 heavy (non-hydrogen) atoms. The second-order valence-corrected chi connectivity index (χ2v) is 12.8. The van der Waals surface area contributed by atoms with Crippen LogP contribution in [0.25, 0.3) is 0 Å². The molecule has 0 spiro atoms. The van der Waals surface area contributed by atoms with Crippen molar-refractivity contribution < 1.29 is 23.5 Å². The zero-order valence-corrected chi connectivity index (χ0v) is 23.6. The summed E-state index contributed by atoms with van der Waals surface area (Å²) in [5.41, 5.74) is 1.45. The molecule has 1 heterocycles. The van der Waals surface area contributed by atoms with Crippen LogP contribution in [0.4, 0.5) is 4.39 Å². The Balaban J connectivity index is 1.27. The van der Waals surface area contributed by atoms with Gasteiger partial charge in [0.2, 0.25) is 0 Å². The van der Waals surface area contributed by atoms with Gasteiger partial charge in [0.05, 0.1) is 11.5 Å². The lowest BCUT2D eigenvalue weighted by atomic mass is 9.86. The van der Waals surface area contributed by atoms with Gasteiger partial charge in [0.1, 0.15) is 23.3 Å². The molecule has 0 bridgehead atoms. The fourth-order valence-corrected chi connectivity index (χ4v) is 6.13. The predicted molar refractivity (Wildman–Crippen MR) is 146 cm³/mol. The largest absolute Gasteiger partial charge is 0.488 e. The molecule has 2 aromatic rings. The first-order valence-electron chi connectivity index (χ1n) is 13.4. The first kappa shape index (κ1) is 27.4. The monoisotopic (exact) mass is 561 g/mol. The molecule has 1 saturated heterocycles. The van der Waals surface area contributed by atoms with Gasteiger partial charge in [0.25, 0.3) is 0 Å². The van der Waals surface area contributed by atoms with E-state index in [-0.39, 0.29) is 23.4 Å². The van der Waals surface area contributed by atoms with Gasteiger partial charge >= 0.3 is 5.97 Å². The van der Waals surface area contributed by atoms with Crippen LogP contribution in [0.3, 0.4) is 0 Å². The van der Waals surface area contributed by atoms with Crippen molar-refractivity contribution in [1.82, 2.24) is 4.90 Å². The highest BCUT2D eigenvalue weighted by Crippen LogP contribution is 2.44. The van der Waals surface area contributed by atoms with Crippen molar-refractivity contribution in [2.24, 2.45) is 11.8 Å². The molecule has 2 aliphatic carbocycles. The number of hydrogen-bond donors (Lipinski definition) is 0. The van der Waals surface area contributed by atoms with Gasteiger partial charge in [-0.1, -0.05) is 29.6 Å². The van der Waals surface area contributed by atoms with Crippen molar-refractivity contribution in [3.63, 3.8) is 0 Å². The minimum atomic E-state index is -0.624. The molecule has 3 fully saturated rings. The number of hydrogen-bond acceptors (Lipinski definition) is 5. The summed E-state index contributed by atoms with van der Waals surface area (Å²) in [6.45, 7) is 7.45. The highest BCUT2D eigenvalue weighted by Gasteiger charge is 2.41. The zero-order valence-electron chi connectivity index (χ0n) is 22.1. The van der Waals surface area contributed by atoms with Crippen LogP contribution < -0.4 is 4.74 Å². The van der Waals surface area contributed by atoms with E-state index in [2.05, 4.69) is 4.90 Å². The molecular weight excluding hydrogens is 528 g/mol. The SMILES string of the molecule is CC(C)(C)OC(=O)[C@@H]1CCCC1C(=O)c1cc(C2CC2)c(CN2CC(Oc3cc(Cl)cc(Cl)c3)C2)cc1F. The Hall–Kier alpha value is -2.15. The molecule has 5 rings (SSSR count). The standard InChI is InChI=1S/C30H34Cl2FNO4/c1-30(2,3)38-29(36)24-6-4-5-23(24)28(35)26-13-25(17-7-8-17)18(9-27(26)33)14-34-15-22(16-34)37-21-11-19(31)10-20(32)12-21/h9-13,17,22-24H,4-8,14-16H2,1-3H3/t23?,24-/m1/s1. The second-order valence-electron chi connectivity index (χ2n) is 11.9. The number of Topliss-reactive ketones (excluding diaryl/α,β-unsaturated/α-hetero) is 1. The fourth-order valence-electron chi connectivity index (χ4n) is 5.62. The molecule has 0 radical (unpaired) electrons. The number of benzene rings is 2. The number of ether oxygens (including phenoxy) is 2. The molecule has 2 aromatic carbocycles. The van der Waals surface area contributed by atoms with E-state index in [1.165, 1.54) is 6.07 Å². The summed E-state index contributed by atoms with van der Waals surface area (Å²) >= 11 is 12.1. The maximum atomic E-state index is 15.4. The lowest BCUT2D eigenvalue weighted by molar-refractivity contribution is -0.160. The van der Waals surface area contributed by atoms with Gasteiger partial charge in [0, 0.05) is 35.6 Å². The quantitative estimate of drug-likeness (QED) is 0.251. The Bertz CT molecular complexity index is 1210. The van der Waals surface area contributed by atoms with E-state index in [1.54, 1.807) is 24.3 Å². The van der Waals surface area contributed by atoms with Gasteiger partial charge in [-0.25, -0.2) is 4.39 Å². The molecule has 1 unspecified atom stereocenters. The number of nitrogens with zero attached hydrogens (tertiary/aromatic N) is 1. The predicted octanol–water partition coefficient (Wildman–Crippen LogP) is 7.21. The summed E-state index contributed by atoms with van der Waals surface area (Å²) in [4.78, 5) is 28.5. The minimum absolute atomic E-state index is 0.00626. The van der Waals surface area contributed by atoms with Gasteiger partial charge in [-0.15, -0.1) is 0 Å². The number of carbonyl (C=O) groups excluding carboxylic acids is 2. The topological polar surface area (TPSA) is 55.8 Å². The number of halogens is 3. The lowest BCUT2D eigenvalue weighted by Gasteiger charge is -2.39. The van der Waals surface area contributed by atoms with E-state index in [0.29, 0.717) is 54.2 Å². The first-order chi connectivity index (χ1) is 18.0. The van der Waals surface area contributed by atoms with Crippen LogP contribution in [0, 0.1) is 17.7 Å². The molecule has 204 valence electrons. The summed E-state index contributed by atoms with van der Waals surface area (Å²) in [6, 6.07) is 8.43. The highest BCUT2D eigenvalue weighted by atomic mass is 35.5. The molecule has 0 amide bonds. The minimum Gasteiger partial charge on any atom is -0.488 e. The maximum Gasteiger partial charge on any atom is 0.310 e. The van der Waals surface area contributed by atoms with E-state index < -0.39 is 23.3 Å². The van der Waals surface area contributed by atoms with Crippen molar-refractivity contribution >= 4 is 35.0 Å². The van der Waals surface area contributed by atoms with Crippen LogP contribution >= 0.6 is 23.2 Å². The maximum absolute atomic E-state index is 15.4. The third kappa shape index (κ3) is 6.35. The van der Waals surface area contributed by atoms with E-state index >= 15 is 4.39 Å². The smallest absolute Gasteiger partial charge is 0.310 e. The summed E-state index contributed by atoms with van der Waals surface area (Å²) in [7, 11) is 0. The number of carbonyl (C=O) groups is 2. The van der Waals surface area contributed by atoms with Crippen molar-refractivity contribution in [2.45, 2.75) is 77.0 Å². The molecule has 3 aliphatic rings. The van der Waals surface area contributed by atoms with E-state index in [1.807, 2.05) is 20.8 Å². The molecule has 5 nitrogen and oxygen atoms in total. The van der Waals surface area contributed by atoms with Gasteiger partial charge < -0.3 is 9.47 Å². The number of esters is 1.